The smallest absolute Gasteiger partial charge is 0.303 e. The zero-order chi connectivity index (χ0) is 56.2. The fourth-order valence-electron chi connectivity index (χ4n) is 7.60. The van der Waals surface area contributed by atoms with Gasteiger partial charge in [-0.15, -0.1) is 0 Å². The van der Waals surface area contributed by atoms with Crippen molar-refractivity contribution in [1.29, 1.82) is 0 Å². The number of unbranched alkanes of at least 4 members (excludes halogenated alkanes) is 1. The summed E-state index contributed by atoms with van der Waals surface area (Å²) in [5, 5.41) is 26.1. The average Bonchev–Trinajstić information content (AvgIpc) is 3.31. The first-order valence-corrected chi connectivity index (χ1v) is 23.8. The Hall–Kier alpha value is -6.15. The van der Waals surface area contributed by atoms with Crippen molar-refractivity contribution >= 4 is 65.4 Å². The summed E-state index contributed by atoms with van der Waals surface area (Å²) in [5.41, 5.74) is 11.0. The number of primary amides is 2. The van der Waals surface area contributed by atoms with Crippen molar-refractivity contribution in [2.75, 3.05) is 72.6 Å². The van der Waals surface area contributed by atoms with Crippen LogP contribution in [0.3, 0.4) is 0 Å². The third kappa shape index (κ3) is 25.8. The van der Waals surface area contributed by atoms with Gasteiger partial charge < -0.3 is 94.5 Å². The highest BCUT2D eigenvalue weighted by molar-refractivity contribution is 5.88. The minimum Gasteiger partial charge on any atom is -0.463 e. The number of esters is 6. The third-order valence-corrected chi connectivity index (χ3v) is 10.6. The molecule has 2 aliphatic heterocycles. The Balaban J connectivity index is 2.20. The largest absolute Gasteiger partial charge is 0.463 e. The zero-order valence-electron chi connectivity index (χ0n) is 42.7. The van der Waals surface area contributed by atoms with Crippen molar-refractivity contribution in [3.63, 3.8) is 0 Å². The molecule has 30 heteroatoms. The van der Waals surface area contributed by atoms with Gasteiger partial charge in [-0.2, -0.15) is 0 Å². The first kappa shape index (κ1) is 65.0. The van der Waals surface area contributed by atoms with E-state index in [1.54, 1.807) is 0 Å². The lowest BCUT2D eigenvalue weighted by atomic mass is 9.87. The molecule has 0 radical (unpaired) electrons. The summed E-state index contributed by atoms with van der Waals surface area (Å²) < 4.78 is 65.7. The Morgan fingerprint density at radius 3 is 1.45 bits per heavy atom. The van der Waals surface area contributed by atoms with Crippen LogP contribution in [0.25, 0.3) is 0 Å². The number of nitrogens with one attached hydrogen (secondary N) is 3. The molecule has 426 valence electrons. The minimum atomic E-state index is -1.57. The molecule has 2 saturated heterocycles. The summed E-state index contributed by atoms with van der Waals surface area (Å²) in [6, 6.07) is -1.23. The SMILES string of the molecule is CC(=O)OC[C@H]1O[C@@H](OCC(=O)NCCCC[C@H](NC(=O)CO[C@@H]2O[C@H](COC(C)=O)[C@H](OC(C)=O)[C@H](OC(C)=O)[C@H]2CC(N)=O)C(=O)NCCOCCOC[C@H](O)CO)[C@H](CC(N)=O)[C@@H](OC(C)=O)[C@H]1OC(C)=O. The zero-order valence-corrected chi connectivity index (χ0v) is 42.7. The minimum absolute atomic E-state index is 0.00134. The van der Waals surface area contributed by atoms with E-state index in [2.05, 4.69) is 16.0 Å². The van der Waals surface area contributed by atoms with E-state index in [0.29, 0.717) is 0 Å². The number of hydrogen-bond donors (Lipinski definition) is 7. The van der Waals surface area contributed by atoms with Crippen LogP contribution < -0.4 is 27.4 Å². The molecule has 0 saturated carbocycles. The van der Waals surface area contributed by atoms with Crippen molar-refractivity contribution in [1.82, 2.24) is 16.0 Å². The van der Waals surface area contributed by atoms with Crippen LogP contribution in [0.1, 0.15) is 73.6 Å². The predicted octanol–water partition coefficient (Wildman–Crippen LogP) is -4.42. The fraction of sp³-hybridized carbons (Fsp3) is 0.756. The van der Waals surface area contributed by atoms with Gasteiger partial charge >= 0.3 is 35.8 Å². The highest BCUT2D eigenvalue weighted by Crippen LogP contribution is 2.35. The molecule has 0 unspecified atom stereocenters. The van der Waals surface area contributed by atoms with Crippen molar-refractivity contribution in [2.24, 2.45) is 23.3 Å². The number of carbonyl (C=O) groups is 11. The lowest BCUT2D eigenvalue weighted by molar-refractivity contribution is -0.290. The van der Waals surface area contributed by atoms with Crippen molar-refractivity contribution in [3.05, 3.63) is 0 Å². The van der Waals surface area contributed by atoms with Gasteiger partial charge in [-0.05, 0) is 19.3 Å². The van der Waals surface area contributed by atoms with Gasteiger partial charge in [0, 0.05) is 67.5 Å². The third-order valence-electron chi connectivity index (χ3n) is 10.6. The predicted molar refractivity (Wildman–Crippen MR) is 246 cm³/mol. The number of aliphatic hydroxyl groups is 2. The van der Waals surface area contributed by atoms with E-state index in [4.69, 9.17) is 73.4 Å². The molecule has 2 aliphatic rings. The molecule has 0 aromatic carbocycles. The standard InChI is InChI=1S/C45H71N5O25/c1-23(52)66-19-33-41(72-27(5)56)39(70-25(3)54)30(15-35(46)59)44(74-33)68-21-37(61)48-10-8-7-9-32(43(63)49-11-12-64-13-14-65-18-29(58)17-51)50-38(62)22-69-45-31(16-36(47)60)40(71-26(4)55)42(73-28(6)57)34(75-45)20-67-24(2)53/h29-34,39-42,44-45,51,58H,7-22H2,1-6H3,(H2,46,59)(H2,47,60)(H,48,61)(H,49,63)(H,50,62)/t29-,30-,31-,32+,33-,34-,39-,40-,41+,42+,44-,45-/m1/s1. The van der Waals surface area contributed by atoms with Crippen molar-refractivity contribution in [2.45, 2.75) is 135 Å². The number of aliphatic hydroxyl groups excluding tert-OH is 2. The second-order valence-corrected chi connectivity index (χ2v) is 17.1. The molecule has 75 heavy (non-hydrogen) atoms. The Morgan fingerprint density at radius 1 is 0.560 bits per heavy atom. The first-order valence-electron chi connectivity index (χ1n) is 23.8. The highest BCUT2D eigenvalue weighted by atomic mass is 16.7. The van der Waals surface area contributed by atoms with E-state index in [1.807, 2.05) is 0 Å². The number of nitrogens with two attached hydrogens (primary N) is 2. The van der Waals surface area contributed by atoms with Crippen molar-refractivity contribution < 1.29 is 120 Å². The normalized spacial score (nSPS) is 23.9. The summed E-state index contributed by atoms with van der Waals surface area (Å²) in [4.78, 5) is 136. The molecular formula is C45H71N5O25. The van der Waals surface area contributed by atoms with Crippen LogP contribution in [0.4, 0.5) is 0 Å². The van der Waals surface area contributed by atoms with E-state index >= 15 is 0 Å². The maximum absolute atomic E-state index is 13.5. The van der Waals surface area contributed by atoms with Crippen molar-refractivity contribution in [3.8, 4) is 0 Å². The average molecular weight is 1080 g/mol. The van der Waals surface area contributed by atoms with Gasteiger partial charge in [0.25, 0.3) is 0 Å². The highest BCUT2D eigenvalue weighted by Gasteiger charge is 2.53. The summed E-state index contributed by atoms with van der Waals surface area (Å²) in [5.74, 6) is -11.4. The summed E-state index contributed by atoms with van der Waals surface area (Å²) in [6.45, 7) is 3.39. The van der Waals surface area contributed by atoms with Gasteiger partial charge in [-0.25, -0.2) is 0 Å². The number of hydrogen-bond acceptors (Lipinski definition) is 25. The van der Waals surface area contributed by atoms with E-state index in [9.17, 15) is 57.8 Å². The molecule has 5 amide bonds. The topological polar surface area (TPSA) is 427 Å². The van der Waals surface area contributed by atoms with Crippen LogP contribution in [0, 0.1) is 11.8 Å². The number of carbonyl (C=O) groups excluding carboxylic acids is 11. The molecule has 0 aromatic rings. The lowest BCUT2D eigenvalue weighted by Crippen LogP contribution is -2.60. The van der Waals surface area contributed by atoms with E-state index in [0.717, 1.165) is 41.5 Å². The molecule has 0 bridgehead atoms. The van der Waals surface area contributed by atoms with Gasteiger partial charge in [0.05, 0.1) is 44.9 Å². The molecule has 0 aromatic heterocycles. The Morgan fingerprint density at radius 2 is 1.01 bits per heavy atom. The van der Waals surface area contributed by atoms with E-state index in [1.165, 1.54) is 0 Å². The quantitative estimate of drug-likeness (QED) is 0.0182. The maximum Gasteiger partial charge on any atom is 0.303 e. The van der Waals surface area contributed by atoms with Gasteiger partial charge in [0.2, 0.25) is 29.5 Å². The second kappa shape index (κ2) is 34.4. The van der Waals surface area contributed by atoms with E-state index < -0.39 is 184 Å². The van der Waals surface area contributed by atoms with E-state index in [-0.39, 0.29) is 58.8 Å². The fourth-order valence-corrected chi connectivity index (χ4v) is 7.60. The van der Waals surface area contributed by atoms with Crippen LogP contribution in [-0.2, 0) is 110 Å². The molecule has 2 fully saturated rings. The molecule has 2 heterocycles. The molecule has 12 atom stereocenters. The van der Waals surface area contributed by atoms with Crippen LogP contribution in [0.2, 0.25) is 0 Å². The first-order chi connectivity index (χ1) is 35.4. The maximum atomic E-state index is 13.5. The Kier molecular flexibility index (Phi) is 29.8. The van der Waals surface area contributed by atoms with Crippen LogP contribution in [-0.4, -0.2) is 209 Å². The number of amides is 5. The summed E-state index contributed by atoms with van der Waals surface area (Å²) >= 11 is 0. The van der Waals surface area contributed by atoms with Gasteiger partial charge in [-0.3, -0.25) is 52.7 Å². The van der Waals surface area contributed by atoms with Crippen LogP contribution in [0.15, 0.2) is 0 Å². The van der Waals surface area contributed by atoms with Crippen LogP contribution in [0.5, 0.6) is 0 Å². The molecule has 0 aliphatic carbocycles. The monoisotopic (exact) mass is 1080 g/mol. The van der Waals surface area contributed by atoms with Crippen LogP contribution >= 0.6 is 0 Å². The van der Waals surface area contributed by atoms with Gasteiger partial charge in [-0.1, -0.05) is 0 Å². The summed E-state index contributed by atoms with van der Waals surface area (Å²) in [7, 11) is 0. The van der Waals surface area contributed by atoms with Gasteiger partial charge in [0.15, 0.2) is 24.8 Å². The number of rotatable bonds is 34. The second-order valence-electron chi connectivity index (χ2n) is 17.1. The van der Waals surface area contributed by atoms with Gasteiger partial charge in [0.1, 0.15) is 63.0 Å². The lowest BCUT2D eigenvalue weighted by Gasteiger charge is -2.44. The molecule has 2 rings (SSSR count). The molecule has 30 nitrogen and oxygen atoms in total. The molecular weight excluding hydrogens is 1010 g/mol. The Labute approximate surface area is 431 Å². The Bertz CT molecular complexity index is 1930. The summed E-state index contributed by atoms with van der Waals surface area (Å²) in [6.07, 6.45) is -13.0. The molecule has 9 N–H and O–H groups in total. The number of ether oxygens (including phenoxy) is 12. The molecule has 0 spiro atoms.